The van der Waals surface area contributed by atoms with Crippen LogP contribution < -0.4 is 0 Å². The van der Waals surface area contributed by atoms with Crippen molar-refractivity contribution in [3.05, 3.63) is 23.8 Å². The van der Waals surface area contributed by atoms with Crippen LogP contribution in [0.2, 0.25) is 0 Å². The van der Waals surface area contributed by atoms with Crippen molar-refractivity contribution in [2.24, 2.45) is 5.92 Å². The molecule has 2 aliphatic rings. The summed E-state index contributed by atoms with van der Waals surface area (Å²) >= 11 is 0. The van der Waals surface area contributed by atoms with E-state index in [4.69, 9.17) is 0 Å². The Hall–Kier alpha value is -0.520. The quantitative estimate of drug-likeness (QED) is 0.400. The molecule has 0 saturated carbocycles. The lowest BCUT2D eigenvalue weighted by Gasteiger charge is -1.97. The minimum absolute atomic E-state index is 0.907. The Morgan fingerprint density at radius 2 is 2.43 bits per heavy atom. The molecule has 36 valence electrons. The lowest BCUT2D eigenvalue weighted by atomic mass is 10.1. The van der Waals surface area contributed by atoms with Crippen molar-refractivity contribution in [1.29, 1.82) is 0 Å². The molecule has 0 unspecified atom stereocenters. The molecule has 0 nitrogen and oxygen atoms in total. The van der Waals surface area contributed by atoms with Crippen molar-refractivity contribution in [2.45, 2.75) is 12.8 Å². The highest BCUT2D eigenvalue weighted by molar-refractivity contribution is 5.34. The molecule has 7 heavy (non-hydrogen) atoms. The Morgan fingerprint density at radius 3 is 3.00 bits per heavy atom. The Bertz CT molecular complexity index is 140. The van der Waals surface area contributed by atoms with Crippen molar-refractivity contribution in [1.82, 2.24) is 0 Å². The van der Waals surface area contributed by atoms with Gasteiger partial charge in [-0.1, -0.05) is 23.8 Å². The van der Waals surface area contributed by atoms with Gasteiger partial charge in [-0.3, -0.25) is 0 Å². The molecule has 0 radical (unpaired) electrons. The molecule has 0 heterocycles. The van der Waals surface area contributed by atoms with Gasteiger partial charge in [0.25, 0.3) is 0 Å². The van der Waals surface area contributed by atoms with Crippen LogP contribution >= 0.6 is 0 Å². The lowest BCUT2D eigenvalue weighted by molar-refractivity contribution is 0.856. The normalized spacial score (nSPS) is 34.3. The largest absolute Gasteiger partial charge is 0.0873 e. The van der Waals surface area contributed by atoms with Gasteiger partial charge in [-0.25, -0.2) is 0 Å². The monoisotopic (exact) mass is 92.1 g/mol. The summed E-state index contributed by atoms with van der Waals surface area (Å²) in [5.41, 5.74) is 1.67. The van der Waals surface area contributed by atoms with E-state index in [1.807, 2.05) is 0 Å². The van der Waals surface area contributed by atoms with E-state index in [0.29, 0.717) is 0 Å². The smallest absolute Gasteiger partial charge is 0.00176 e. The number of fused-ring (bicyclic) bond motifs is 1. The Morgan fingerprint density at radius 1 is 1.43 bits per heavy atom. The summed E-state index contributed by atoms with van der Waals surface area (Å²) in [4.78, 5) is 0. The topological polar surface area (TPSA) is 0 Å². The van der Waals surface area contributed by atoms with Gasteiger partial charge in [0.2, 0.25) is 0 Å². The first kappa shape index (κ1) is 3.48. The molecule has 0 N–H and O–H groups in total. The van der Waals surface area contributed by atoms with Crippen LogP contribution in [-0.4, -0.2) is 0 Å². The SMILES string of the molecule is C1=CC[C@@H]2C=C2C1. The van der Waals surface area contributed by atoms with E-state index in [9.17, 15) is 0 Å². The van der Waals surface area contributed by atoms with Crippen molar-refractivity contribution in [2.75, 3.05) is 0 Å². The van der Waals surface area contributed by atoms with Crippen LogP contribution in [0.25, 0.3) is 0 Å². The molecule has 0 aromatic rings. The number of rotatable bonds is 0. The van der Waals surface area contributed by atoms with Crippen LogP contribution in [0, 0.1) is 5.92 Å². The predicted molar refractivity (Wildman–Crippen MR) is 29.9 cm³/mol. The van der Waals surface area contributed by atoms with Gasteiger partial charge < -0.3 is 0 Å². The fourth-order valence-corrected chi connectivity index (χ4v) is 1.11. The third-order valence-electron chi connectivity index (χ3n) is 1.69. The van der Waals surface area contributed by atoms with E-state index in [1.54, 1.807) is 5.57 Å². The molecule has 0 fully saturated rings. The molecule has 1 atom stereocenters. The summed E-state index contributed by atoms with van der Waals surface area (Å²) < 4.78 is 0. The molecule has 0 aromatic carbocycles. The zero-order valence-corrected chi connectivity index (χ0v) is 4.22. The average Bonchev–Trinajstić information content (AvgIpc) is 2.41. The second-order valence-electron chi connectivity index (χ2n) is 2.26. The molecule has 0 aromatic heterocycles. The van der Waals surface area contributed by atoms with Crippen LogP contribution in [0.1, 0.15) is 12.8 Å². The van der Waals surface area contributed by atoms with Crippen molar-refractivity contribution in [3.63, 3.8) is 0 Å². The van der Waals surface area contributed by atoms with Gasteiger partial charge in [0, 0.05) is 5.92 Å². The van der Waals surface area contributed by atoms with Crippen molar-refractivity contribution in [3.8, 4) is 0 Å². The van der Waals surface area contributed by atoms with Crippen LogP contribution in [0.3, 0.4) is 0 Å². The van der Waals surface area contributed by atoms with Crippen molar-refractivity contribution >= 4 is 0 Å². The van der Waals surface area contributed by atoms with E-state index in [2.05, 4.69) is 18.2 Å². The van der Waals surface area contributed by atoms with Crippen LogP contribution in [-0.2, 0) is 0 Å². The third kappa shape index (κ3) is 0.426. The van der Waals surface area contributed by atoms with Crippen molar-refractivity contribution < 1.29 is 0 Å². The highest BCUT2D eigenvalue weighted by atomic mass is 14.3. The second-order valence-corrected chi connectivity index (χ2v) is 2.26. The van der Waals surface area contributed by atoms with Gasteiger partial charge in [-0.2, -0.15) is 0 Å². The first-order valence-corrected chi connectivity index (χ1v) is 2.82. The van der Waals surface area contributed by atoms with Gasteiger partial charge in [0.1, 0.15) is 0 Å². The maximum Gasteiger partial charge on any atom is 0.00176 e. The summed E-state index contributed by atoms with van der Waals surface area (Å²) in [6, 6.07) is 0. The molecule has 0 spiro atoms. The summed E-state index contributed by atoms with van der Waals surface area (Å²) in [6.07, 6.45) is 9.42. The first-order valence-electron chi connectivity index (χ1n) is 2.82. The van der Waals surface area contributed by atoms with Crippen LogP contribution in [0.5, 0.6) is 0 Å². The summed E-state index contributed by atoms with van der Waals surface area (Å²) in [7, 11) is 0. The van der Waals surface area contributed by atoms with Gasteiger partial charge >= 0.3 is 0 Å². The van der Waals surface area contributed by atoms with Gasteiger partial charge in [-0.15, -0.1) is 0 Å². The molecule has 0 aliphatic heterocycles. The fraction of sp³-hybridized carbons (Fsp3) is 0.429. The zero-order valence-electron chi connectivity index (χ0n) is 4.22. The third-order valence-corrected chi connectivity index (χ3v) is 1.69. The van der Waals surface area contributed by atoms with E-state index < -0.39 is 0 Å². The Balaban J connectivity index is 2.19. The number of hydrogen-bond acceptors (Lipinski definition) is 0. The average molecular weight is 92.1 g/mol. The molecule has 2 rings (SSSR count). The van der Waals surface area contributed by atoms with Gasteiger partial charge in [-0.05, 0) is 12.8 Å². The highest BCUT2D eigenvalue weighted by Gasteiger charge is 2.23. The van der Waals surface area contributed by atoms with Gasteiger partial charge in [0.05, 0.1) is 0 Å². The summed E-state index contributed by atoms with van der Waals surface area (Å²) in [6.45, 7) is 0. The van der Waals surface area contributed by atoms with Gasteiger partial charge in [0.15, 0.2) is 0 Å². The van der Waals surface area contributed by atoms with Crippen LogP contribution in [0.4, 0.5) is 0 Å². The molecular weight excluding hydrogens is 84.1 g/mol. The maximum absolute atomic E-state index is 2.36. The highest BCUT2D eigenvalue weighted by Crippen LogP contribution is 2.38. The second kappa shape index (κ2) is 1.00. The predicted octanol–water partition coefficient (Wildman–Crippen LogP) is 1.89. The van der Waals surface area contributed by atoms with E-state index in [1.165, 1.54) is 12.8 Å². The minimum Gasteiger partial charge on any atom is -0.0873 e. The standard InChI is InChI=1S/C7H8/c1-2-4-7-5-6(7)3-1/h1-2,5-6H,3-4H2/t6-/m1/s1. The Labute approximate surface area is 43.5 Å². The van der Waals surface area contributed by atoms with E-state index in [-0.39, 0.29) is 0 Å². The molecular formula is C7H8. The lowest BCUT2D eigenvalue weighted by Crippen LogP contribution is -1.82. The molecule has 0 saturated heterocycles. The van der Waals surface area contributed by atoms with Crippen LogP contribution in [0.15, 0.2) is 23.8 Å². The Kier molecular flexibility index (Phi) is 0.498. The minimum atomic E-state index is 0.907. The number of allylic oxidation sites excluding steroid dienone is 4. The number of hydrogen-bond donors (Lipinski definition) is 0. The maximum atomic E-state index is 2.36. The molecule has 0 heteroatoms. The zero-order chi connectivity index (χ0) is 4.69. The summed E-state index contributed by atoms with van der Waals surface area (Å²) in [5.74, 6) is 0.907. The summed E-state index contributed by atoms with van der Waals surface area (Å²) in [5, 5.41) is 0. The fourth-order valence-electron chi connectivity index (χ4n) is 1.11. The molecule has 0 bridgehead atoms. The first-order chi connectivity index (χ1) is 3.47. The van der Waals surface area contributed by atoms with E-state index >= 15 is 0 Å². The molecule has 2 aliphatic carbocycles. The van der Waals surface area contributed by atoms with E-state index in [0.717, 1.165) is 5.92 Å². The molecule has 0 amide bonds.